The summed E-state index contributed by atoms with van der Waals surface area (Å²) in [5.74, 6) is -9.71. The highest BCUT2D eigenvalue weighted by molar-refractivity contribution is 8.94. The Morgan fingerprint density at radius 1 is 1.15 bits per heavy atom. The molecule has 1 aliphatic carbocycles. The standard InChI is InChI=1S/C16H17F5OPS3/c1-7(2)8-4-5-16(3,9(22)6-8)26-23(24)25-15-13(20)11(18)10(17)12(19)14(15)21/h8-9,22H,1,4-6H2,2-3H3/q+1/t8-,9+,16?/m1/s1. The molecule has 1 saturated carbocycles. The Morgan fingerprint density at radius 2 is 1.65 bits per heavy atom. The molecule has 0 radical (unpaired) electrons. The van der Waals surface area contributed by atoms with Crippen LogP contribution < -0.4 is 0 Å². The van der Waals surface area contributed by atoms with E-state index in [1.165, 1.54) is 0 Å². The Bertz CT molecular complexity index is 731. The molecule has 26 heavy (non-hydrogen) atoms. The summed E-state index contributed by atoms with van der Waals surface area (Å²) in [5, 5.41) is 8.82. The molecule has 144 valence electrons. The molecule has 1 aliphatic rings. The highest BCUT2D eigenvalue weighted by atomic mass is 33.2. The zero-order valence-electron chi connectivity index (χ0n) is 14.0. The van der Waals surface area contributed by atoms with Crippen LogP contribution in [0.15, 0.2) is 17.0 Å². The fraction of sp³-hybridized carbons (Fsp3) is 0.500. The zero-order valence-corrected chi connectivity index (χ0v) is 17.3. The van der Waals surface area contributed by atoms with E-state index >= 15 is 0 Å². The van der Waals surface area contributed by atoms with E-state index < -0.39 is 49.9 Å². The smallest absolute Gasteiger partial charge is 0.323 e. The van der Waals surface area contributed by atoms with Crippen molar-refractivity contribution in [2.75, 3.05) is 0 Å². The molecule has 1 fully saturated rings. The van der Waals surface area contributed by atoms with Gasteiger partial charge >= 0.3 is 5.10 Å². The van der Waals surface area contributed by atoms with Crippen LogP contribution in [0.5, 0.6) is 0 Å². The van der Waals surface area contributed by atoms with Crippen LogP contribution in [0.3, 0.4) is 0 Å². The summed E-state index contributed by atoms with van der Waals surface area (Å²) in [7, 11) is 0. The van der Waals surface area contributed by atoms with Crippen LogP contribution in [0.2, 0.25) is 0 Å². The molecule has 1 nitrogen and oxygen atoms in total. The second-order valence-electron chi connectivity index (χ2n) is 6.45. The number of allylic oxidation sites excluding steroid dienone is 1. The molecule has 0 heterocycles. The Morgan fingerprint density at radius 3 is 2.12 bits per heavy atom. The third-order valence-corrected chi connectivity index (χ3v) is 11.6. The van der Waals surface area contributed by atoms with Crippen molar-refractivity contribution in [1.82, 2.24) is 0 Å². The number of aliphatic hydroxyl groups excluding tert-OH is 1. The topological polar surface area (TPSA) is 20.2 Å². The first-order valence-electron chi connectivity index (χ1n) is 7.67. The van der Waals surface area contributed by atoms with E-state index in [9.17, 15) is 27.1 Å². The molecular formula is C16H17F5OPS3+. The summed E-state index contributed by atoms with van der Waals surface area (Å²) in [6.07, 6.45) is 1.21. The van der Waals surface area contributed by atoms with E-state index in [0.717, 1.165) is 23.4 Å². The lowest BCUT2D eigenvalue weighted by Crippen LogP contribution is -2.41. The number of hydrogen-bond donors (Lipinski definition) is 1. The monoisotopic (exact) mass is 447 g/mol. The molecule has 0 spiro atoms. The second kappa shape index (κ2) is 8.43. The van der Waals surface area contributed by atoms with E-state index in [4.69, 9.17) is 11.8 Å². The highest BCUT2D eigenvalue weighted by Gasteiger charge is 2.46. The Labute approximate surface area is 162 Å². The first-order valence-corrected chi connectivity index (χ1v) is 12.9. The van der Waals surface area contributed by atoms with Gasteiger partial charge in [-0.3, -0.25) is 0 Å². The van der Waals surface area contributed by atoms with E-state index in [-0.39, 0.29) is 5.92 Å². The molecule has 0 amide bonds. The Hall–Kier alpha value is -0.210. The van der Waals surface area contributed by atoms with Crippen LogP contribution in [-0.2, 0) is 11.8 Å². The van der Waals surface area contributed by atoms with Gasteiger partial charge in [0.2, 0.25) is 5.82 Å². The number of hydrogen-bond acceptors (Lipinski definition) is 4. The first kappa shape index (κ1) is 22.1. The van der Waals surface area contributed by atoms with Gasteiger partial charge in [-0.2, -0.15) is 0 Å². The lowest BCUT2D eigenvalue weighted by molar-refractivity contribution is 0.0804. The molecule has 1 N–H and O–H groups in total. The molecule has 2 unspecified atom stereocenters. The Kier molecular flexibility index (Phi) is 7.16. The fourth-order valence-corrected chi connectivity index (χ4v) is 11.5. The molecule has 0 saturated heterocycles. The molecule has 2 rings (SSSR count). The van der Waals surface area contributed by atoms with Crippen molar-refractivity contribution >= 4 is 39.7 Å². The van der Waals surface area contributed by atoms with Crippen molar-refractivity contribution in [2.45, 2.75) is 48.9 Å². The third kappa shape index (κ3) is 4.43. The molecular weight excluding hydrogens is 430 g/mol. The molecule has 0 aromatic heterocycles. The minimum atomic E-state index is -2.19. The van der Waals surface area contributed by atoms with Gasteiger partial charge in [-0.05, 0) is 39.0 Å². The normalized spacial score (nSPS) is 26.7. The minimum absolute atomic E-state index is 0.192. The molecule has 1 aromatic carbocycles. The van der Waals surface area contributed by atoms with Gasteiger partial charge in [-0.1, -0.05) is 12.2 Å². The molecule has 1 aromatic rings. The average molecular weight is 447 g/mol. The van der Waals surface area contributed by atoms with Crippen LogP contribution in [0.4, 0.5) is 22.0 Å². The van der Waals surface area contributed by atoms with E-state index in [2.05, 4.69) is 6.58 Å². The molecule has 0 aliphatic heterocycles. The van der Waals surface area contributed by atoms with Gasteiger partial charge in [0.1, 0.15) is 27.7 Å². The third-order valence-electron chi connectivity index (χ3n) is 4.52. The van der Waals surface area contributed by atoms with Crippen LogP contribution in [0.1, 0.15) is 33.1 Å². The first-order chi connectivity index (χ1) is 12.0. The van der Waals surface area contributed by atoms with Crippen molar-refractivity contribution < 1.29 is 27.1 Å². The number of halogens is 5. The SMILES string of the molecule is C=C(C)[C@@H]1CCC(C)(S[P+](=S)Sc2c(F)c(F)c(F)c(F)c2F)[C@@H](O)C1. The van der Waals surface area contributed by atoms with Gasteiger partial charge in [0.05, 0.1) is 10.9 Å². The predicted octanol–water partition coefficient (Wildman–Crippen LogP) is 6.48. The van der Waals surface area contributed by atoms with Gasteiger partial charge in [-0.15, -0.1) is 0 Å². The maximum absolute atomic E-state index is 13.8. The van der Waals surface area contributed by atoms with Crippen LogP contribution in [-0.4, -0.2) is 16.0 Å². The maximum Gasteiger partial charge on any atom is 0.323 e. The molecule has 10 heteroatoms. The lowest BCUT2D eigenvalue weighted by atomic mass is 9.77. The van der Waals surface area contributed by atoms with Crippen LogP contribution in [0.25, 0.3) is 0 Å². The summed E-state index contributed by atoms with van der Waals surface area (Å²) in [5.41, 5.74) is 0.979. The lowest BCUT2D eigenvalue weighted by Gasteiger charge is -2.38. The molecule has 4 atom stereocenters. The van der Waals surface area contributed by atoms with E-state index in [0.29, 0.717) is 24.2 Å². The second-order valence-corrected chi connectivity index (χ2v) is 15.1. The van der Waals surface area contributed by atoms with E-state index in [1.807, 2.05) is 6.92 Å². The minimum Gasteiger partial charge on any atom is -0.392 e. The van der Waals surface area contributed by atoms with Gasteiger partial charge < -0.3 is 5.11 Å². The zero-order chi connectivity index (χ0) is 19.8. The maximum atomic E-state index is 13.8. The number of aliphatic hydroxyl groups is 1. The quantitative estimate of drug-likeness (QED) is 0.183. The average Bonchev–Trinajstić information content (AvgIpc) is 2.57. The van der Waals surface area contributed by atoms with Gasteiger partial charge in [0, 0.05) is 0 Å². The summed E-state index contributed by atoms with van der Waals surface area (Å²) in [4.78, 5) is -0.969. The summed E-state index contributed by atoms with van der Waals surface area (Å²) in [6.45, 7) is 7.60. The van der Waals surface area contributed by atoms with Crippen molar-refractivity contribution in [3.05, 3.63) is 41.2 Å². The number of benzene rings is 1. The van der Waals surface area contributed by atoms with E-state index in [1.54, 1.807) is 6.92 Å². The van der Waals surface area contributed by atoms with Crippen LogP contribution in [0, 0.1) is 35.0 Å². The summed E-state index contributed by atoms with van der Waals surface area (Å²) in [6, 6.07) is 0. The van der Waals surface area contributed by atoms with Gasteiger partial charge in [0.15, 0.2) is 35.1 Å². The Balaban J connectivity index is 2.16. The van der Waals surface area contributed by atoms with Gasteiger partial charge in [0.25, 0.3) is 0 Å². The summed E-state index contributed by atoms with van der Waals surface area (Å²) >= 11 is 6.85. The summed E-state index contributed by atoms with van der Waals surface area (Å²) < 4.78 is 66.7. The van der Waals surface area contributed by atoms with Crippen molar-refractivity contribution in [3.63, 3.8) is 0 Å². The molecule has 0 bridgehead atoms. The predicted molar refractivity (Wildman–Crippen MR) is 101 cm³/mol. The van der Waals surface area contributed by atoms with Crippen molar-refractivity contribution in [2.24, 2.45) is 5.92 Å². The number of rotatable bonds is 5. The van der Waals surface area contributed by atoms with Crippen molar-refractivity contribution in [1.29, 1.82) is 0 Å². The van der Waals surface area contributed by atoms with Crippen LogP contribution >= 0.6 is 27.9 Å². The van der Waals surface area contributed by atoms with Crippen molar-refractivity contribution in [3.8, 4) is 0 Å². The van der Waals surface area contributed by atoms with Gasteiger partial charge in [-0.25, -0.2) is 22.0 Å². The fourth-order valence-electron chi connectivity index (χ4n) is 2.75. The highest BCUT2D eigenvalue weighted by Crippen LogP contribution is 2.63. The largest absolute Gasteiger partial charge is 0.392 e.